The van der Waals surface area contributed by atoms with Crippen molar-refractivity contribution in [1.29, 1.82) is 0 Å². The molecule has 0 aromatic heterocycles. The molecule has 16 heavy (non-hydrogen) atoms. The van der Waals surface area contributed by atoms with Gasteiger partial charge in [-0.1, -0.05) is 35.0 Å². The molecule has 0 aliphatic rings. The van der Waals surface area contributed by atoms with Crippen molar-refractivity contribution in [2.45, 2.75) is 25.8 Å². The first-order valence-corrected chi connectivity index (χ1v) is 6.18. The Hall–Kier alpha value is -0.870. The predicted molar refractivity (Wildman–Crippen MR) is 69.1 cm³/mol. The summed E-state index contributed by atoms with van der Waals surface area (Å²) in [7, 11) is 0. The summed E-state index contributed by atoms with van der Waals surface area (Å²) in [6.45, 7) is 2.55. The minimum atomic E-state index is 0.0157. The maximum absolute atomic E-state index is 11.6. The lowest BCUT2D eigenvalue weighted by molar-refractivity contribution is -0.120. The molecular weight excluding hydrogens is 268 g/mol. The molecule has 1 atom stereocenters. The van der Waals surface area contributed by atoms with Crippen molar-refractivity contribution in [2.75, 3.05) is 6.54 Å². The molecule has 1 unspecified atom stereocenters. The highest BCUT2D eigenvalue weighted by atomic mass is 79.9. The van der Waals surface area contributed by atoms with Crippen LogP contribution in [-0.4, -0.2) is 18.5 Å². The van der Waals surface area contributed by atoms with E-state index in [9.17, 15) is 4.79 Å². The Labute approximate surface area is 105 Å². The minimum absolute atomic E-state index is 0.0157. The van der Waals surface area contributed by atoms with Crippen LogP contribution >= 0.6 is 15.9 Å². The molecule has 0 aliphatic heterocycles. The zero-order chi connectivity index (χ0) is 12.0. The number of amides is 1. The van der Waals surface area contributed by atoms with Gasteiger partial charge >= 0.3 is 0 Å². The lowest BCUT2D eigenvalue weighted by atomic mass is 10.1. The Morgan fingerprint density at radius 1 is 1.56 bits per heavy atom. The summed E-state index contributed by atoms with van der Waals surface area (Å²) in [5, 5.41) is 2.82. The van der Waals surface area contributed by atoms with Crippen molar-refractivity contribution in [1.82, 2.24) is 5.32 Å². The van der Waals surface area contributed by atoms with Crippen LogP contribution < -0.4 is 11.1 Å². The van der Waals surface area contributed by atoms with Crippen LogP contribution in [-0.2, 0) is 11.2 Å². The maximum atomic E-state index is 11.6. The largest absolute Gasteiger partial charge is 0.354 e. The summed E-state index contributed by atoms with van der Waals surface area (Å²) in [6.07, 6.45) is 1.27. The Morgan fingerprint density at radius 3 is 2.94 bits per heavy atom. The molecule has 0 heterocycles. The third kappa shape index (κ3) is 4.77. The number of hydrogen-bond acceptors (Lipinski definition) is 2. The SMILES string of the molecule is CCC(N)CNC(=O)Cc1cccc(Br)c1. The standard InChI is InChI=1S/C12H17BrN2O/c1-2-11(14)8-15-12(16)7-9-4-3-5-10(13)6-9/h3-6,11H,2,7-8,14H2,1H3,(H,15,16). The molecule has 0 fully saturated rings. The van der Waals surface area contributed by atoms with Gasteiger partial charge in [-0.3, -0.25) is 4.79 Å². The third-order valence-electron chi connectivity index (χ3n) is 2.34. The normalized spacial score (nSPS) is 12.2. The van der Waals surface area contributed by atoms with Crippen molar-refractivity contribution in [3.63, 3.8) is 0 Å². The van der Waals surface area contributed by atoms with Crippen molar-refractivity contribution in [2.24, 2.45) is 5.73 Å². The molecule has 0 saturated carbocycles. The molecule has 0 aliphatic carbocycles. The van der Waals surface area contributed by atoms with E-state index in [0.717, 1.165) is 16.5 Å². The first-order valence-electron chi connectivity index (χ1n) is 5.38. The van der Waals surface area contributed by atoms with E-state index in [-0.39, 0.29) is 11.9 Å². The quantitative estimate of drug-likeness (QED) is 0.867. The van der Waals surface area contributed by atoms with E-state index >= 15 is 0 Å². The molecule has 1 amide bonds. The Balaban J connectivity index is 2.40. The monoisotopic (exact) mass is 284 g/mol. The summed E-state index contributed by atoms with van der Waals surface area (Å²) in [4.78, 5) is 11.6. The second-order valence-corrected chi connectivity index (χ2v) is 4.69. The van der Waals surface area contributed by atoms with Gasteiger partial charge in [0, 0.05) is 17.1 Å². The van der Waals surface area contributed by atoms with Crippen LogP contribution in [0.2, 0.25) is 0 Å². The van der Waals surface area contributed by atoms with Gasteiger partial charge in [0.25, 0.3) is 0 Å². The fourth-order valence-corrected chi connectivity index (χ4v) is 1.73. The molecule has 3 nitrogen and oxygen atoms in total. The van der Waals surface area contributed by atoms with Gasteiger partial charge in [-0.05, 0) is 24.1 Å². The van der Waals surface area contributed by atoms with Crippen LogP contribution in [0.5, 0.6) is 0 Å². The number of halogens is 1. The number of carbonyl (C=O) groups is 1. The number of hydrogen-bond donors (Lipinski definition) is 2. The van der Waals surface area contributed by atoms with Crippen LogP contribution in [0.1, 0.15) is 18.9 Å². The molecule has 1 rings (SSSR count). The Bertz CT molecular complexity index is 355. The molecule has 0 radical (unpaired) electrons. The fourth-order valence-electron chi connectivity index (χ4n) is 1.28. The average molecular weight is 285 g/mol. The summed E-state index contributed by atoms with van der Waals surface area (Å²) < 4.78 is 0.989. The Morgan fingerprint density at radius 2 is 2.31 bits per heavy atom. The second-order valence-electron chi connectivity index (χ2n) is 3.78. The maximum Gasteiger partial charge on any atom is 0.224 e. The van der Waals surface area contributed by atoms with Gasteiger partial charge in [0.05, 0.1) is 6.42 Å². The van der Waals surface area contributed by atoms with Gasteiger partial charge in [-0.2, -0.15) is 0 Å². The van der Waals surface area contributed by atoms with Gasteiger partial charge in [0.2, 0.25) is 5.91 Å². The smallest absolute Gasteiger partial charge is 0.224 e. The van der Waals surface area contributed by atoms with E-state index in [1.165, 1.54) is 0 Å². The summed E-state index contributed by atoms with van der Waals surface area (Å²) in [5.41, 5.74) is 6.71. The van der Waals surface area contributed by atoms with E-state index in [1.54, 1.807) is 0 Å². The molecule has 88 valence electrons. The summed E-state index contributed by atoms with van der Waals surface area (Å²) in [5.74, 6) is 0.0157. The van der Waals surface area contributed by atoms with Crippen LogP contribution in [0.15, 0.2) is 28.7 Å². The second kappa shape index (κ2) is 6.66. The van der Waals surface area contributed by atoms with Crippen molar-refractivity contribution >= 4 is 21.8 Å². The van der Waals surface area contributed by atoms with Crippen molar-refractivity contribution < 1.29 is 4.79 Å². The topological polar surface area (TPSA) is 55.1 Å². The van der Waals surface area contributed by atoms with Crippen LogP contribution in [0, 0.1) is 0 Å². The molecule has 3 N–H and O–H groups in total. The van der Waals surface area contributed by atoms with E-state index in [2.05, 4.69) is 21.2 Å². The molecule has 4 heteroatoms. The highest BCUT2D eigenvalue weighted by Crippen LogP contribution is 2.11. The van der Waals surface area contributed by atoms with Crippen molar-refractivity contribution in [3.8, 4) is 0 Å². The zero-order valence-electron chi connectivity index (χ0n) is 9.37. The van der Waals surface area contributed by atoms with Crippen LogP contribution in [0.4, 0.5) is 0 Å². The summed E-state index contributed by atoms with van der Waals surface area (Å²) in [6, 6.07) is 7.79. The highest BCUT2D eigenvalue weighted by Gasteiger charge is 2.05. The van der Waals surface area contributed by atoms with E-state index in [0.29, 0.717) is 13.0 Å². The highest BCUT2D eigenvalue weighted by molar-refractivity contribution is 9.10. The van der Waals surface area contributed by atoms with Crippen LogP contribution in [0.25, 0.3) is 0 Å². The van der Waals surface area contributed by atoms with E-state index in [4.69, 9.17) is 5.73 Å². The number of benzene rings is 1. The predicted octanol–water partition coefficient (Wildman–Crippen LogP) is 1.85. The number of carbonyl (C=O) groups excluding carboxylic acids is 1. The first-order chi connectivity index (χ1) is 7.61. The van der Waals surface area contributed by atoms with Gasteiger partial charge in [0.15, 0.2) is 0 Å². The lowest BCUT2D eigenvalue weighted by Crippen LogP contribution is -2.37. The number of rotatable bonds is 5. The first kappa shape index (κ1) is 13.2. The average Bonchev–Trinajstić information content (AvgIpc) is 2.26. The van der Waals surface area contributed by atoms with Crippen LogP contribution in [0.3, 0.4) is 0 Å². The molecule has 1 aromatic rings. The van der Waals surface area contributed by atoms with E-state index in [1.807, 2.05) is 31.2 Å². The summed E-state index contributed by atoms with van der Waals surface area (Å²) >= 11 is 3.37. The fraction of sp³-hybridized carbons (Fsp3) is 0.417. The van der Waals surface area contributed by atoms with Gasteiger partial charge in [0.1, 0.15) is 0 Å². The van der Waals surface area contributed by atoms with Crippen molar-refractivity contribution in [3.05, 3.63) is 34.3 Å². The zero-order valence-corrected chi connectivity index (χ0v) is 11.0. The third-order valence-corrected chi connectivity index (χ3v) is 2.83. The molecule has 0 saturated heterocycles. The lowest BCUT2D eigenvalue weighted by Gasteiger charge is -2.10. The number of nitrogens with one attached hydrogen (secondary N) is 1. The molecule has 0 bridgehead atoms. The molecule has 1 aromatic carbocycles. The Kier molecular flexibility index (Phi) is 5.49. The number of nitrogens with two attached hydrogens (primary N) is 1. The molecule has 0 spiro atoms. The molecular formula is C12H17BrN2O. The minimum Gasteiger partial charge on any atom is -0.354 e. The van der Waals surface area contributed by atoms with E-state index < -0.39 is 0 Å². The van der Waals surface area contributed by atoms with Gasteiger partial charge in [-0.25, -0.2) is 0 Å². The van der Waals surface area contributed by atoms with Gasteiger partial charge in [-0.15, -0.1) is 0 Å². The van der Waals surface area contributed by atoms with Gasteiger partial charge < -0.3 is 11.1 Å².